The SMILES string of the molecule is CC(C)(C)c1cccc(-c2cc3cc(SCC(=O)O)ccc3[nH]2)c1. The largest absolute Gasteiger partial charge is 0.481 e. The molecule has 2 aromatic carbocycles. The van der Waals surface area contributed by atoms with Crippen molar-refractivity contribution in [3.63, 3.8) is 0 Å². The van der Waals surface area contributed by atoms with E-state index in [1.165, 1.54) is 22.9 Å². The second-order valence-electron chi connectivity index (χ2n) is 6.95. The van der Waals surface area contributed by atoms with Crippen LogP contribution in [0.1, 0.15) is 26.3 Å². The maximum atomic E-state index is 10.7. The molecule has 1 aromatic heterocycles. The van der Waals surface area contributed by atoms with Gasteiger partial charge in [0, 0.05) is 21.5 Å². The molecule has 1 heterocycles. The summed E-state index contributed by atoms with van der Waals surface area (Å²) in [5.74, 6) is -0.718. The normalized spacial score (nSPS) is 11.8. The molecular formula is C20H21NO2S. The minimum absolute atomic E-state index is 0.0798. The fourth-order valence-corrected chi connectivity index (χ4v) is 3.32. The minimum Gasteiger partial charge on any atom is -0.481 e. The summed E-state index contributed by atoms with van der Waals surface area (Å²) < 4.78 is 0. The molecule has 0 radical (unpaired) electrons. The lowest BCUT2D eigenvalue weighted by atomic mass is 9.86. The molecule has 0 aliphatic carbocycles. The number of aliphatic carboxylic acids is 1. The Balaban J connectivity index is 1.95. The number of aromatic nitrogens is 1. The summed E-state index contributed by atoms with van der Waals surface area (Å²) in [6.45, 7) is 6.63. The van der Waals surface area contributed by atoms with E-state index in [4.69, 9.17) is 5.11 Å². The molecule has 3 aromatic rings. The highest BCUT2D eigenvalue weighted by Crippen LogP contribution is 2.30. The van der Waals surface area contributed by atoms with E-state index in [2.05, 4.69) is 56.1 Å². The van der Waals surface area contributed by atoms with Crippen LogP contribution in [0.5, 0.6) is 0 Å². The highest BCUT2D eigenvalue weighted by molar-refractivity contribution is 8.00. The molecule has 124 valence electrons. The van der Waals surface area contributed by atoms with Crippen LogP contribution in [-0.2, 0) is 10.2 Å². The lowest BCUT2D eigenvalue weighted by Gasteiger charge is -2.19. The van der Waals surface area contributed by atoms with Crippen molar-refractivity contribution in [1.29, 1.82) is 0 Å². The average molecular weight is 339 g/mol. The van der Waals surface area contributed by atoms with Gasteiger partial charge in [-0.05, 0) is 46.9 Å². The number of benzene rings is 2. The van der Waals surface area contributed by atoms with E-state index >= 15 is 0 Å². The molecule has 0 spiro atoms. The summed E-state index contributed by atoms with van der Waals surface area (Å²) in [6, 6.07) is 16.7. The monoisotopic (exact) mass is 339 g/mol. The number of rotatable bonds is 4. The molecule has 3 nitrogen and oxygen atoms in total. The number of aromatic amines is 1. The molecular weight excluding hydrogens is 318 g/mol. The van der Waals surface area contributed by atoms with Crippen molar-refractivity contribution in [3.8, 4) is 11.3 Å². The molecule has 0 saturated heterocycles. The Bertz CT molecular complexity index is 890. The molecule has 0 fully saturated rings. The summed E-state index contributed by atoms with van der Waals surface area (Å²) in [4.78, 5) is 15.1. The second kappa shape index (κ2) is 6.36. The van der Waals surface area contributed by atoms with Crippen LogP contribution in [0.25, 0.3) is 22.2 Å². The van der Waals surface area contributed by atoms with E-state index in [9.17, 15) is 4.79 Å². The molecule has 0 saturated carbocycles. The molecule has 24 heavy (non-hydrogen) atoms. The first kappa shape index (κ1) is 16.7. The van der Waals surface area contributed by atoms with Crippen LogP contribution in [0.3, 0.4) is 0 Å². The molecule has 4 heteroatoms. The van der Waals surface area contributed by atoms with Gasteiger partial charge in [0.1, 0.15) is 0 Å². The van der Waals surface area contributed by atoms with Crippen LogP contribution in [0, 0.1) is 0 Å². The number of thioether (sulfide) groups is 1. The Kier molecular flexibility index (Phi) is 4.41. The van der Waals surface area contributed by atoms with Gasteiger partial charge in [0.25, 0.3) is 0 Å². The van der Waals surface area contributed by atoms with E-state index < -0.39 is 5.97 Å². The summed E-state index contributed by atoms with van der Waals surface area (Å²) >= 11 is 1.34. The van der Waals surface area contributed by atoms with Crippen LogP contribution in [0.15, 0.2) is 53.4 Å². The number of carboxylic acids is 1. The summed E-state index contributed by atoms with van der Waals surface area (Å²) in [7, 11) is 0. The minimum atomic E-state index is -0.797. The van der Waals surface area contributed by atoms with E-state index in [0.29, 0.717) is 0 Å². The Labute approximate surface area is 146 Å². The Hall–Kier alpha value is -2.20. The highest BCUT2D eigenvalue weighted by atomic mass is 32.2. The van der Waals surface area contributed by atoms with Crippen molar-refractivity contribution in [2.45, 2.75) is 31.1 Å². The third-order valence-electron chi connectivity index (χ3n) is 3.99. The summed E-state index contributed by atoms with van der Waals surface area (Å²) in [5.41, 5.74) is 4.72. The van der Waals surface area contributed by atoms with Crippen LogP contribution in [-0.4, -0.2) is 21.8 Å². The van der Waals surface area contributed by atoms with Crippen LogP contribution in [0.2, 0.25) is 0 Å². The zero-order valence-electron chi connectivity index (χ0n) is 14.1. The lowest BCUT2D eigenvalue weighted by molar-refractivity contribution is -0.133. The molecule has 3 rings (SSSR count). The Morgan fingerprint density at radius 2 is 1.92 bits per heavy atom. The zero-order valence-corrected chi connectivity index (χ0v) is 14.9. The standard InChI is InChI=1S/C20H21NO2S/c1-20(2,3)15-6-4-5-13(9-15)18-11-14-10-16(24-12-19(22)23)7-8-17(14)21-18/h4-11,21H,12H2,1-3H3,(H,22,23). The highest BCUT2D eigenvalue weighted by Gasteiger charge is 2.14. The van der Waals surface area contributed by atoms with E-state index in [1.807, 2.05) is 18.2 Å². The summed E-state index contributed by atoms with van der Waals surface area (Å²) in [6.07, 6.45) is 0. The van der Waals surface area contributed by atoms with E-state index in [1.54, 1.807) is 0 Å². The number of fused-ring (bicyclic) bond motifs is 1. The average Bonchev–Trinajstić information content (AvgIpc) is 2.95. The van der Waals surface area contributed by atoms with Gasteiger partial charge in [-0.1, -0.05) is 39.0 Å². The fraction of sp³-hybridized carbons (Fsp3) is 0.250. The van der Waals surface area contributed by atoms with Crippen LogP contribution in [0.4, 0.5) is 0 Å². The first-order valence-electron chi connectivity index (χ1n) is 7.91. The van der Waals surface area contributed by atoms with Crippen molar-refractivity contribution >= 4 is 28.6 Å². The molecule has 0 unspecified atom stereocenters. The number of hydrogen-bond donors (Lipinski definition) is 2. The van der Waals surface area contributed by atoms with Gasteiger partial charge in [0.2, 0.25) is 0 Å². The third kappa shape index (κ3) is 3.65. The third-order valence-corrected chi connectivity index (χ3v) is 4.97. The second-order valence-corrected chi connectivity index (χ2v) is 7.99. The van der Waals surface area contributed by atoms with Gasteiger partial charge in [-0.3, -0.25) is 4.79 Å². The lowest BCUT2D eigenvalue weighted by Crippen LogP contribution is -2.10. The summed E-state index contributed by atoms with van der Waals surface area (Å²) in [5, 5.41) is 9.90. The number of nitrogens with one attached hydrogen (secondary N) is 1. The quantitative estimate of drug-likeness (QED) is 0.633. The molecule has 0 aliphatic rings. The van der Waals surface area contributed by atoms with Crippen molar-refractivity contribution in [2.75, 3.05) is 5.75 Å². The van der Waals surface area contributed by atoms with Gasteiger partial charge in [-0.25, -0.2) is 0 Å². The maximum Gasteiger partial charge on any atom is 0.313 e. The fourth-order valence-electron chi connectivity index (χ4n) is 2.65. The molecule has 0 atom stereocenters. The predicted molar refractivity (Wildman–Crippen MR) is 101 cm³/mol. The van der Waals surface area contributed by atoms with E-state index in [0.717, 1.165) is 21.5 Å². The van der Waals surface area contributed by atoms with E-state index in [-0.39, 0.29) is 11.2 Å². The first-order valence-corrected chi connectivity index (χ1v) is 8.90. The molecule has 0 bridgehead atoms. The molecule has 0 amide bonds. The smallest absolute Gasteiger partial charge is 0.313 e. The van der Waals surface area contributed by atoms with Gasteiger partial charge in [0.15, 0.2) is 0 Å². The van der Waals surface area contributed by atoms with Crippen molar-refractivity contribution in [1.82, 2.24) is 4.98 Å². The number of carboxylic acid groups (broad SMARTS) is 1. The number of carbonyl (C=O) groups is 1. The Morgan fingerprint density at radius 3 is 2.62 bits per heavy atom. The Morgan fingerprint density at radius 1 is 1.12 bits per heavy atom. The van der Waals surface area contributed by atoms with Crippen LogP contribution < -0.4 is 0 Å². The van der Waals surface area contributed by atoms with Crippen LogP contribution >= 0.6 is 11.8 Å². The molecule has 2 N–H and O–H groups in total. The van der Waals surface area contributed by atoms with Crippen molar-refractivity contribution in [2.24, 2.45) is 0 Å². The topological polar surface area (TPSA) is 53.1 Å². The number of hydrogen-bond acceptors (Lipinski definition) is 2. The predicted octanol–water partition coefficient (Wildman–Crippen LogP) is 5.31. The first-order chi connectivity index (χ1) is 11.3. The van der Waals surface area contributed by atoms with Gasteiger partial charge >= 0.3 is 5.97 Å². The molecule has 0 aliphatic heterocycles. The van der Waals surface area contributed by atoms with Gasteiger partial charge in [-0.15, -0.1) is 11.8 Å². The van der Waals surface area contributed by atoms with Gasteiger partial charge in [-0.2, -0.15) is 0 Å². The van der Waals surface area contributed by atoms with Crippen molar-refractivity contribution < 1.29 is 9.90 Å². The zero-order chi connectivity index (χ0) is 17.3. The van der Waals surface area contributed by atoms with Gasteiger partial charge in [0.05, 0.1) is 5.75 Å². The maximum absolute atomic E-state index is 10.7. The number of H-pyrrole nitrogens is 1. The van der Waals surface area contributed by atoms with Gasteiger partial charge < -0.3 is 10.1 Å². The van der Waals surface area contributed by atoms with Crippen molar-refractivity contribution in [3.05, 3.63) is 54.1 Å².